The van der Waals surface area contributed by atoms with Gasteiger partial charge >= 0.3 is 0 Å². The van der Waals surface area contributed by atoms with Gasteiger partial charge in [0.1, 0.15) is 5.75 Å². The molecule has 3 nitrogen and oxygen atoms in total. The summed E-state index contributed by atoms with van der Waals surface area (Å²) in [5.41, 5.74) is 5.31. The van der Waals surface area contributed by atoms with Gasteiger partial charge in [0.25, 0.3) is 0 Å². The van der Waals surface area contributed by atoms with Crippen LogP contribution in [-0.2, 0) is 12.8 Å². The van der Waals surface area contributed by atoms with Gasteiger partial charge in [-0.2, -0.15) is 0 Å². The maximum atomic E-state index is 5.69. The second-order valence-electron chi connectivity index (χ2n) is 4.24. The summed E-state index contributed by atoms with van der Waals surface area (Å²) in [6, 6.07) is 4.44. The molecule has 0 saturated carbocycles. The van der Waals surface area contributed by atoms with Crippen LogP contribution in [0.15, 0.2) is 29.3 Å². The van der Waals surface area contributed by atoms with Crippen molar-refractivity contribution in [3.05, 3.63) is 40.4 Å². The lowest BCUT2D eigenvalue weighted by molar-refractivity contribution is 0.351. The smallest absolute Gasteiger partial charge is 0.125 e. The minimum Gasteiger partial charge on any atom is -0.493 e. The van der Waals surface area contributed by atoms with Crippen molar-refractivity contribution in [2.45, 2.75) is 25.3 Å². The average molecular weight is 297 g/mol. The molecule has 1 aliphatic heterocycles. The molecule has 92 valence electrons. The quantitative estimate of drug-likeness (QED) is 0.498. The predicted molar refractivity (Wildman–Crippen MR) is 73.0 cm³/mol. The maximum absolute atomic E-state index is 5.69. The minimum atomic E-state index is 0.204. The number of rotatable bonds is 5. The number of nitrogens with two attached hydrogens (primary N) is 1. The Morgan fingerprint density at radius 1 is 1.59 bits per heavy atom. The van der Waals surface area contributed by atoms with Crippen molar-refractivity contribution in [1.29, 1.82) is 0 Å². The lowest BCUT2D eigenvalue weighted by Crippen LogP contribution is -2.36. The van der Waals surface area contributed by atoms with E-state index in [0.29, 0.717) is 0 Å². The number of ether oxygens (including phenoxy) is 1. The van der Waals surface area contributed by atoms with Crippen LogP contribution in [0.25, 0.3) is 0 Å². The number of hydrazine groups is 1. The molecule has 0 bridgehead atoms. The highest BCUT2D eigenvalue weighted by Gasteiger charge is 2.19. The Labute approximate surface area is 110 Å². The summed E-state index contributed by atoms with van der Waals surface area (Å²) in [4.78, 5) is 0. The van der Waals surface area contributed by atoms with Gasteiger partial charge in [-0.25, -0.2) is 0 Å². The fourth-order valence-corrected chi connectivity index (χ4v) is 2.73. The molecule has 17 heavy (non-hydrogen) atoms. The van der Waals surface area contributed by atoms with Crippen molar-refractivity contribution in [3.8, 4) is 5.75 Å². The third-order valence-corrected chi connectivity index (χ3v) is 3.44. The molecule has 1 atom stereocenters. The molecule has 1 unspecified atom stereocenters. The Bertz CT molecular complexity index is 420. The topological polar surface area (TPSA) is 47.3 Å². The predicted octanol–water partition coefficient (Wildman–Crippen LogP) is 2.33. The third-order valence-electron chi connectivity index (χ3n) is 2.98. The van der Waals surface area contributed by atoms with E-state index in [2.05, 4.69) is 40.1 Å². The lowest BCUT2D eigenvalue weighted by Gasteiger charge is -2.16. The molecule has 1 aromatic rings. The van der Waals surface area contributed by atoms with Crippen molar-refractivity contribution in [3.63, 3.8) is 0 Å². The van der Waals surface area contributed by atoms with Crippen LogP contribution in [0.3, 0.4) is 0 Å². The van der Waals surface area contributed by atoms with Crippen LogP contribution in [0.5, 0.6) is 5.75 Å². The van der Waals surface area contributed by atoms with Crippen molar-refractivity contribution < 1.29 is 4.74 Å². The third kappa shape index (κ3) is 2.89. The molecule has 1 heterocycles. The second-order valence-corrected chi connectivity index (χ2v) is 5.16. The second kappa shape index (κ2) is 5.67. The van der Waals surface area contributed by atoms with Gasteiger partial charge in [0, 0.05) is 16.9 Å². The molecule has 0 saturated heterocycles. The van der Waals surface area contributed by atoms with E-state index in [-0.39, 0.29) is 6.04 Å². The molecule has 0 spiro atoms. The van der Waals surface area contributed by atoms with Gasteiger partial charge in [-0.1, -0.05) is 22.0 Å². The Morgan fingerprint density at radius 3 is 3.12 bits per heavy atom. The van der Waals surface area contributed by atoms with Crippen LogP contribution < -0.4 is 16.0 Å². The van der Waals surface area contributed by atoms with Gasteiger partial charge in [-0.3, -0.25) is 11.3 Å². The molecule has 0 fully saturated rings. The van der Waals surface area contributed by atoms with Crippen molar-refractivity contribution >= 4 is 15.9 Å². The van der Waals surface area contributed by atoms with Crippen LogP contribution in [0.4, 0.5) is 0 Å². The summed E-state index contributed by atoms with van der Waals surface area (Å²) >= 11 is 3.54. The van der Waals surface area contributed by atoms with E-state index < -0.39 is 0 Å². The molecule has 0 aliphatic carbocycles. The van der Waals surface area contributed by atoms with E-state index >= 15 is 0 Å². The first-order valence-electron chi connectivity index (χ1n) is 5.75. The number of nitrogens with one attached hydrogen (secondary N) is 1. The highest BCUT2D eigenvalue weighted by molar-refractivity contribution is 9.10. The average Bonchev–Trinajstić information content (AvgIpc) is 2.76. The van der Waals surface area contributed by atoms with E-state index in [1.807, 2.05) is 6.08 Å². The van der Waals surface area contributed by atoms with E-state index in [0.717, 1.165) is 36.1 Å². The molecule has 0 amide bonds. The van der Waals surface area contributed by atoms with Crippen LogP contribution in [0.2, 0.25) is 0 Å². The zero-order valence-corrected chi connectivity index (χ0v) is 11.3. The van der Waals surface area contributed by atoms with Crippen molar-refractivity contribution in [2.75, 3.05) is 6.61 Å². The summed E-state index contributed by atoms with van der Waals surface area (Å²) in [6.07, 6.45) is 4.57. The van der Waals surface area contributed by atoms with Gasteiger partial charge in [0.2, 0.25) is 0 Å². The molecule has 1 aliphatic rings. The largest absolute Gasteiger partial charge is 0.493 e. The zero-order valence-electron chi connectivity index (χ0n) is 9.71. The number of halogens is 1. The highest BCUT2D eigenvalue weighted by atomic mass is 79.9. The SMILES string of the molecule is C=CCC(Cc1cc(Br)cc2c1OCC2)NN. The van der Waals surface area contributed by atoms with E-state index in [1.54, 1.807) is 0 Å². The van der Waals surface area contributed by atoms with E-state index in [1.165, 1.54) is 11.1 Å². The van der Waals surface area contributed by atoms with Crippen LogP contribution >= 0.6 is 15.9 Å². The normalized spacial score (nSPS) is 15.2. The number of hydrogen-bond donors (Lipinski definition) is 2. The number of benzene rings is 1. The highest BCUT2D eigenvalue weighted by Crippen LogP contribution is 2.33. The first kappa shape index (κ1) is 12.6. The molecule has 2 rings (SSSR count). The van der Waals surface area contributed by atoms with Gasteiger partial charge in [-0.15, -0.1) is 6.58 Å². The lowest BCUT2D eigenvalue weighted by atomic mass is 10.0. The summed E-state index contributed by atoms with van der Waals surface area (Å²) in [5.74, 6) is 6.58. The maximum Gasteiger partial charge on any atom is 0.125 e. The molecule has 1 aromatic carbocycles. The van der Waals surface area contributed by atoms with Gasteiger partial charge < -0.3 is 4.74 Å². The Balaban J connectivity index is 2.23. The summed E-state index contributed by atoms with van der Waals surface area (Å²) in [5, 5.41) is 0. The van der Waals surface area contributed by atoms with Crippen LogP contribution in [0.1, 0.15) is 17.5 Å². The molecule has 4 heteroatoms. The van der Waals surface area contributed by atoms with Crippen molar-refractivity contribution in [2.24, 2.45) is 5.84 Å². The monoisotopic (exact) mass is 296 g/mol. The zero-order chi connectivity index (χ0) is 12.3. The fourth-order valence-electron chi connectivity index (χ4n) is 2.17. The van der Waals surface area contributed by atoms with Gasteiger partial charge in [0.05, 0.1) is 6.61 Å². The minimum absolute atomic E-state index is 0.204. The Morgan fingerprint density at radius 2 is 2.41 bits per heavy atom. The van der Waals surface area contributed by atoms with E-state index in [9.17, 15) is 0 Å². The van der Waals surface area contributed by atoms with Crippen LogP contribution in [-0.4, -0.2) is 12.6 Å². The first-order valence-corrected chi connectivity index (χ1v) is 6.55. The number of fused-ring (bicyclic) bond motifs is 1. The van der Waals surface area contributed by atoms with Gasteiger partial charge in [-0.05, 0) is 36.1 Å². The summed E-state index contributed by atoms with van der Waals surface area (Å²) in [6.45, 7) is 4.52. The molecular formula is C13H17BrN2O. The standard InChI is InChI=1S/C13H17BrN2O/c1-2-3-12(16-15)8-10-7-11(14)6-9-4-5-17-13(9)10/h2,6-7,12,16H,1,3-5,8,15H2. The Kier molecular flexibility index (Phi) is 4.20. The van der Waals surface area contributed by atoms with Gasteiger partial charge in [0.15, 0.2) is 0 Å². The molecule has 3 N–H and O–H groups in total. The molecular weight excluding hydrogens is 280 g/mol. The summed E-state index contributed by atoms with van der Waals surface area (Å²) in [7, 11) is 0. The molecule has 0 aromatic heterocycles. The van der Waals surface area contributed by atoms with Crippen molar-refractivity contribution in [1.82, 2.24) is 5.43 Å². The van der Waals surface area contributed by atoms with E-state index in [4.69, 9.17) is 10.6 Å². The Hall–Kier alpha value is -0.840. The molecule has 0 radical (unpaired) electrons. The fraction of sp³-hybridized carbons (Fsp3) is 0.385. The van der Waals surface area contributed by atoms with Crippen LogP contribution in [0, 0.1) is 0 Å². The first-order chi connectivity index (χ1) is 8.24. The summed E-state index contributed by atoms with van der Waals surface area (Å²) < 4.78 is 6.80. The number of hydrogen-bond acceptors (Lipinski definition) is 3.